The van der Waals surface area contributed by atoms with E-state index in [9.17, 15) is 14.7 Å². The SMILES string of the molecule is CCCCCCCCN(CCCCCCCC)C[C@H]1O[C@@H](c2ccc(-c3cccc(CNC(=O)[C@H](C)OC(C)=O)c3)cc2)O[C@@H](c2ccc(CO)cc2)[C@H]1C. The molecule has 0 unspecified atom stereocenters. The van der Waals surface area contributed by atoms with Gasteiger partial charge in [0.05, 0.1) is 18.8 Å². The van der Waals surface area contributed by atoms with Gasteiger partial charge in [-0.1, -0.05) is 152 Å². The standard InChI is InChI=1S/C47H68N2O6/c1-6-8-10-12-14-16-29-49(30-17-15-13-11-9-7-2)33-44-35(3)45(41-23-21-38(34-50)22-24-41)55-47(54-44)42-27-25-40(26-28-42)43-20-18-19-39(31-43)32-48-46(52)36(4)53-37(5)51/h18-28,31,35-36,44-45,47,50H,6-17,29-30,32-34H2,1-5H3,(H,48,52)/t35-,36-,44+,45+,47+/m0/s1. The summed E-state index contributed by atoms with van der Waals surface area (Å²) < 4.78 is 18.7. The molecule has 1 aliphatic rings. The number of ether oxygens (including phenoxy) is 3. The number of carbonyl (C=O) groups excluding carboxylic acids is 2. The van der Waals surface area contributed by atoms with Crippen molar-refractivity contribution in [2.24, 2.45) is 5.92 Å². The molecule has 0 radical (unpaired) electrons. The fourth-order valence-corrected chi connectivity index (χ4v) is 7.44. The van der Waals surface area contributed by atoms with Crippen molar-refractivity contribution in [3.05, 3.63) is 95.1 Å². The summed E-state index contributed by atoms with van der Waals surface area (Å²) in [6.07, 6.45) is 13.9. The quantitative estimate of drug-likeness (QED) is 0.0694. The topological polar surface area (TPSA) is 97.3 Å². The number of aliphatic hydroxyl groups excluding tert-OH is 1. The van der Waals surface area contributed by atoms with Crippen LogP contribution in [0.25, 0.3) is 11.1 Å². The fraction of sp³-hybridized carbons (Fsp3) is 0.574. The Labute approximate surface area is 331 Å². The summed E-state index contributed by atoms with van der Waals surface area (Å²) in [6.45, 7) is 13.1. The van der Waals surface area contributed by atoms with Gasteiger partial charge in [-0.2, -0.15) is 0 Å². The molecule has 0 aliphatic carbocycles. The van der Waals surface area contributed by atoms with Crippen LogP contribution in [0, 0.1) is 5.92 Å². The summed E-state index contributed by atoms with van der Waals surface area (Å²) in [7, 11) is 0. The number of amides is 1. The Morgan fingerprint density at radius 2 is 1.36 bits per heavy atom. The molecule has 2 N–H and O–H groups in total. The van der Waals surface area contributed by atoms with Crippen molar-refractivity contribution in [1.29, 1.82) is 0 Å². The summed E-state index contributed by atoms with van der Waals surface area (Å²) >= 11 is 0. The molecule has 0 spiro atoms. The Kier molecular flexibility index (Phi) is 19.4. The van der Waals surface area contributed by atoms with E-state index < -0.39 is 18.4 Å². The number of rotatable bonds is 24. The summed E-state index contributed by atoms with van der Waals surface area (Å²) in [4.78, 5) is 26.3. The zero-order chi connectivity index (χ0) is 39.4. The van der Waals surface area contributed by atoms with Gasteiger partial charge in [0.25, 0.3) is 5.91 Å². The van der Waals surface area contributed by atoms with Crippen LogP contribution in [-0.4, -0.2) is 53.7 Å². The van der Waals surface area contributed by atoms with Crippen molar-refractivity contribution < 1.29 is 28.9 Å². The van der Waals surface area contributed by atoms with E-state index in [2.05, 4.69) is 79.5 Å². The van der Waals surface area contributed by atoms with Crippen molar-refractivity contribution in [2.45, 2.75) is 149 Å². The summed E-state index contributed by atoms with van der Waals surface area (Å²) in [5.41, 5.74) is 5.99. The first-order valence-corrected chi connectivity index (χ1v) is 21.1. The van der Waals surface area contributed by atoms with Gasteiger partial charge in [0.1, 0.15) is 0 Å². The maximum Gasteiger partial charge on any atom is 0.303 e. The van der Waals surface area contributed by atoms with Crippen molar-refractivity contribution in [3.8, 4) is 11.1 Å². The zero-order valence-electron chi connectivity index (χ0n) is 34.3. The monoisotopic (exact) mass is 757 g/mol. The summed E-state index contributed by atoms with van der Waals surface area (Å²) in [5.74, 6) is -0.684. The van der Waals surface area contributed by atoms with Gasteiger partial charge in [-0.15, -0.1) is 0 Å². The number of aliphatic hydroxyl groups is 1. The molecule has 1 fully saturated rings. The summed E-state index contributed by atoms with van der Waals surface area (Å²) in [6, 6.07) is 24.6. The maximum atomic E-state index is 12.4. The van der Waals surface area contributed by atoms with E-state index in [0.29, 0.717) is 6.54 Å². The first-order chi connectivity index (χ1) is 26.7. The third-order valence-corrected chi connectivity index (χ3v) is 10.8. The van der Waals surface area contributed by atoms with Crippen molar-refractivity contribution in [1.82, 2.24) is 10.2 Å². The second-order valence-corrected chi connectivity index (χ2v) is 15.4. The lowest BCUT2D eigenvalue weighted by molar-refractivity contribution is -0.276. The van der Waals surface area contributed by atoms with Crippen LogP contribution >= 0.6 is 0 Å². The molecule has 5 atom stereocenters. The van der Waals surface area contributed by atoms with E-state index >= 15 is 0 Å². The molecular formula is C47H68N2O6. The predicted octanol–water partition coefficient (Wildman–Crippen LogP) is 10.2. The Hall–Kier alpha value is -3.56. The van der Waals surface area contributed by atoms with Gasteiger partial charge in [-0.3, -0.25) is 9.59 Å². The Bertz CT molecular complexity index is 1530. The molecule has 1 aliphatic heterocycles. The first kappa shape index (κ1) is 44.2. The van der Waals surface area contributed by atoms with Crippen LogP contribution < -0.4 is 5.32 Å². The lowest BCUT2D eigenvalue weighted by Crippen LogP contribution is -2.45. The van der Waals surface area contributed by atoms with Crippen LogP contribution in [0.4, 0.5) is 0 Å². The average Bonchev–Trinajstić information content (AvgIpc) is 3.20. The third kappa shape index (κ3) is 14.8. The number of hydrogen-bond acceptors (Lipinski definition) is 7. The highest BCUT2D eigenvalue weighted by atomic mass is 16.7. The minimum atomic E-state index is -0.844. The number of nitrogens with one attached hydrogen (secondary N) is 1. The van der Waals surface area contributed by atoms with Gasteiger partial charge in [0.2, 0.25) is 0 Å². The van der Waals surface area contributed by atoms with Crippen LogP contribution in [-0.2, 0) is 37.0 Å². The molecule has 55 heavy (non-hydrogen) atoms. The van der Waals surface area contributed by atoms with E-state index in [0.717, 1.165) is 53.0 Å². The molecule has 1 heterocycles. The summed E-state index contributed by atoms with van der Waals surface area (Å²) in [5, 5.41) is 12.6. The highest BCUT2D eigenvalue weighted by Gasteiger charge is 2.39. The average molecular weight is 757 g/mol. The first-order valence-electron chi connectivity index (χ1n) is 21.1. The molecule has 1 amide bonds. The van der Waals surface area contributed by atoms with Gasteiger partial charge in [0.15, 0.2) is 12.4 Å². The van der Waals surface area contributed by atoms with Crippen LogP contribution in [0.5, 0.6) is 0 Å². The smallest absolute Gasteiger partial charge is 0.303 e. The molecular weight excluding hydrogens is 689 g/mol. The molecule has 302 valence electrons. The number of esters is 1. The Morgan fingerprint density at radius 3 is 1.96 bits per heavy atom. The number of carbonyl (C=O) groups is 2. The van der Waals surface area contributed by atoms with Gasteiger partial charge in [-0.25, -0.2) is 0 Å². The molecule has 0 aromatic heterocycles. The van der Waals surface area contributed by atoms with Crippen LogP contribution in [0.2, 0.25) is 0 Å². The van der Waals surface area contributed by atoms with Gasteiger partial charge >= 0.3 is 5.97 Å². The van der Waals surface area contributed by atoms with Gasteiger partial charge < -0.3 is 29.5 Å². The lowest BCUT2D eigenvalue weighted by atomic mass is 9.89. The van der Waals surface area contributed by atoms with Crippen molar-refractivity contribution >= 4 is 11.9 Å². The third-order valence-electron chi connectivity index (χ3n) is 10.8. The van der Waals surface area contributed by atoms with E-state index in [1.807, 2.05) is 24.3 Å². The van der Waals surface area contributed by atoms with Crippen molar-refractivity contribution in [2.75, 3.05) is 19.6 Å². The van der Waals surface area contributed by atoms with Crippen molar-refractivity contribution in [3.63, 3.8) is 0 Å². The number of nitrogens with zero attached hydrogens (tertiary/aromatic N) is 1. The van der Waals surface area contributed by atoms with Gasteiger partial charge in [-0.05, 0) is 66.7 Å². The fourth-order valence-electron chi connectivity index (χ4n) is 7.44. The molecule has 0 saturated carbocycles. The molecule has 3 aromatic carbocycles. The lowest BCUT2D eigenvalue weighted by Gasteiger charge is -2.43. The molecule has 1 saturated heterocycles. The molecule has 8 nitrogen and oxygen atoms in total. The van der Waals surface area contributed by atoms with E-state index in [-0.39, 0.29) is 30.6 Å². The van der Waals surface area contributed by atoms with E-state index in [1.54, 1.807) is 6.92 Å². The normalized spacial score (nSPS) is 19.0. The number of unbranched alkanes of at least 4 members (excludes halogenated alkanes) is 10. The predicted molar refractivity (Wildman–Crippen MR) is 221 cm³/mol. The second-order valence-electron chi connectivity index (χ2n) is 15.4. The highest BCUT2D eigenvalue weighted by molar-refractivity contribution is 5.82. The molecule has 4 rings (SSSR count). The van der Waals surface area contributed by atoms with E-state index in [1.165, 1.54) is 84.0 Å². The Morgan fingerprint density at radius 1 is 0.764 bits per heavy atom. The van der Waals surface area contributed by atoms with Crippen LogP contribution in [0.15, 0.2) is 72.8 Å². The van der Waals surface area contributed by atoms with E-state index in [4.69, 9.17) is 14.2 Å². The maximum absolute atomic E-state index is 12.4. The largest absolute Gasteiger partial charge is 0.453 e. The number of benzene rings is 3. The van der Waals surface area contributed by atoms with Crippen LogP contribution in [0.3, 0.4) is 0 Å². The highest BCUT2D eigenvalue weighted by Crippen LogP contribution is 2.42. The van der Waals surface area contributed by atoms with Gasteiger partial charge in [0, 0.05) is 31.5 Å². The minimum absolute atomic E-state index is 0.0146. The molecule has 0 bridgehead atoms. The molecule has 8 heteroatoms. The Balaban J connectivity index is 1.49. The minimum Gasteiger partial charge on any atom is -0.453 e. The van der Waals surface area contributed by atoms with Crippen LogP contribution in [0.1, 0.15) is 146 Å². The molecule has 3 aromatic rings. The zero-order valence-corrected chi connectivity index (χ0v) is 34.3. The second kappa shape index (κ2) is 24.2. The number of hydrogen-bond donors (Lipinski definition) is 2.